The summed E-state index contributed by atoms with van der Waals surface area (Å²) in [6.07, 6.45) is 6.92. The predicted molar refractivity (Wildman–Crippen MR) is 174 cm³/mol. The molecule has 230 valence electrons. The van der Waals surface area contributed by atoms with Gasteiger partial charge in [0.25, 0.3) is 0 Å². The molecule has 10 heteroatoms. The smallest absolute Gasteiger partial charge is 0.243 e. The third kappa shape index (κ3) is 9.71. The molecule has 0 aliphatic heterocycles. The molecule has 1 aliphatic carbocycles. The van der Waals surface area contributed by atoms with Crippen LogP contribution in [-0.4, -0.2) is 50.0 Å². The molecular formula is C33H39Cl2N3O4S. The lowest BCUT2D eigenvalue weighted by atomic mass is 9.94. The van der Waals surface area contributed by atoms with Crippen LogP contribution in [0.25, 0.3) is 0 Å². The van der Waals surface area contributed by atoms with Crippen LogP contribution in [0.4, 0.5) is 5.69 Å². The lowest BCUT2D eigenvalue weighted by molar-refractivity contribution is -0.141. The van der Waals surface area contributed by atoms with Gasteiger partial charge in [-0.3, -0.25) is 13.9 Å². The fourth-order valence-corrected chi connectivity index (χ4v) is 6.94. The SMILES string of the molecule is CS(=O)(=O)N(CCCC(=O)N(Cc1ccccc1)[C@H](Cc1ccccc1)C(=O)NC1CCCCC1)c1cc(Cl)ccc1Cl. The first-order chi connectivity index (χ1) is 20.6. The Kier molecular flexibility index (Phi) is 11.9. The maximum atomic E-state index is 14.0. The van der Waals surface area contributed by atoms with Crippen LogP contribution in [0.3, 0.4) is 0 Å². The van der Waals surface area contributed by atoms with E-state index in [2.05, 4.69) is 5.32 Å². The minimum atomic E-state index is -3.71. The average Bonchev–Trinajstić information content (AvgIpc) is 2.99. The summed E-state index contributed by atoms with van der Waals surface area (Å²) in [7, 11) is -3.71. The number of halogens is 2. The second-order valence-corrected chi connectivity index (χ2v) is 13.8. The van der Waals surface area contributed by atoms with E-state index in [-0.39, 0.29) is 54.5 Å². The van der Waals surface area contributed by atoms with Crippen LogP contribution < -0.4 is 9.62 Å². The van der Waals surface area contributed by atoms with E-state index in [1.165, 1.54) is 16.8 Å². The number of hydrogen-bond donors (Lipinski definition) is 1. The van der Waals surface area contributed by atoms with Crippen molar-refractivity contribution in [3.8, 4) is 0 Å². The summed E-state index contributed by atoms with van der Waals surface area (Å²) in [4.78, 5) is 29.5. The third-order valence-electron chi connectivity index (χ3n) is 7.75. The molecule has 0 aromatic heterocycles. The summed E-state index contributed by atoms with van der Waals surface area (Å²) >= 11 is 12.5. The van der Waals surface area contributed by atoms with Gasteiger partial charge in [0, 0.05) is 37.0 Å². The molecule has 3 aromatic carbocycles. The quantitative estimate of drug-likeness (QED) is 0.227. The maximum absolute atomic E-state index is 14.0. The molecule has 3 aromatic rings. The van der Waals surface area contributed by atoms with Crippen molar-refractivity contribution in [1.82, 2.24) is 10.2 Å². The molecule has 0 radical (unpaired) electrons. The summed E-state index contributed by atoms with van der Waals surface area (Å²) < 4.78 is 26.6. The summed E-state index contributed by atoms with van der Waals surface area (Å²) in [5.41, 5.74) is 2.12. The number of nitrogens with one attached hydrogen (secondary N) is 1. The van der Waals surface area contributed by atoms with Crippen molar-refractivity contribution in [2.24, 2.45) is 0 Å². The largest absolute Gasteiger partial charge is 0.352 e. The monoisotopic (exact) mass is 643 g/mol. The normalized spacial score (nSPS) is 14.6. The van der Waals surface area contributed by atoms with Crippen molar-refractivity contribution in [3.63, 3.8) is 0 Å². The Balaban J connectivity index is 1.58. The summed E-state index contributed by atoms with van der Waals surface area (Å²) in [6.45, 7) is 0.284. The Morgan fingerprint density at radius 2 is 1.53 bits per heavy atom. The molecule has 0 heterocycles. The van der Waals surface area contributed by atoms with Crippen LogP contribution in [0.1, 0.15) is 56.1 Å². The van der Waals surface area contributed by atoms with Crippen LogP contribution >= 0.6 is 23.2 Å². The van der Waals surface area contributed by atoms with Gasteiger partial charge in [0.2, 0.25) is 21.8 Å². The Morgan fingerprint density at radius 1 is 0.907 bits per heavy atom. The summed E-state index contributed by atoms with van der Waals surface area (Å²) in [5.74, 6) is -0.391. The predicted octanol–water partition coefficient (Wildman–Crippen LogP) is 6.63. The second kappa shape index (κ2) is 15.6. The van der Waals surface area contributed by atoms with E-state index in [1.807, 2.05) is 60.7 Å². The van der Waals surface area contributed by atoms with Crippen molar-refractivity contribution < 1.29 is 18.0 Å². The molecule has 7 nitrogen and oxygen atoms in total. The summed E-state index contributed by atoms with van der Waals surface area (Å²) in [5, 5.41) is 3.84. The second-order valence-electron chi connectivity index (χ2n) is 11.1. The molecule has 0 unspecified atom stereocenters. The van der Waals surface area contributed by atoms with E-state index >= 15 is 0 Å². The molecule has 4 rings (SSSR count). The number of carbonyl (C=O) groups is 2. The van der Waals surface area contributed by atoms with Gasteiger partial charge in [-0.1, -0.05) is 103 Å². The minimum absolute atomic E-state index is 0.0292. The topological polar surface area (TPSA) is 86.8 Å². The Bertz CT molecular complexity index is 1470. The fraction of sp³-hybridized carbons (Fsp3) is 0.394. The van der Waals surface area contributed by atoms with E-state index < -0.39 is 16.1 Å². The molecule has 1 N–H and O–H groups in total. The Morgan fingerprint density at radius 3 is 2.16 bits per heavy atom. The Labute approximate surface area is 265 Å². The zero-order chi connectivity index (χ0) is 30.8. The minimum Gasteiger partial charge on any atom is -0.352 e. The van der Waals surface area contributed by atoms with Gasteiger partial charge in [0.15, 0.2) is 0 Å². The molecule has 0 spiro atoms. The molecule has 1 saturated carbocycles. The number of hydrogen-bond acceptors (Lipinski definition) is 4. The van der Waals surface area contributed by atoms with Gasteiger partial charge < -0.3 is 10.2 Å². The highest BCUT2D eigenvalue weighted by atomic mass is 35.5. The summed E-state index contributed by atoms with van der Waals surface area (Å²) in [6, 6.07) is 23.3. The lowest BCUT2D eigenvalue weighted by Crippen LogP contribution is -2.52. The van der Waals surface area contributed by atoms with Gasteiger partial charge in [0.05, 0.1) is 17.0 Å². The van der Waals surface area contributed by atoms with Crippen LogP contribution in [-0.2, 0) is 32.6 Å². The first-order valence-electron chi connectivity index (χ1n) is 14.7. The van der Waals surface area contributed by atoms with Gasteiger partial charge in [-0.15, -0.1) is 0 Å². The standard InChI is InChI=1S/C33H39Cl2N3O4S/c1-43(41,42)38(30-23-27(34)19-20-29(30)35)21-11-18-32(39)37(24-26-14-7-3-8-15-26)31(22-25-12-5-2-6-13-25)33(40)36-28-16-9-4-10-17-28/h2-3,5-8,12-15,19-20,23,28,31H,4,9-11,16-18,21-22,24H2,1H3,(H,36,40)/t31-/m1/s1. The van der Waals surface area contributed by atoms with E-state index in [9.17, 15) is 18.0 Å². The first-order valence-corrected chi connectivity index (χ1v) is 17.3. The van der Waals surface area contributed by atoms with E-state index in [1.54, 1.807) is 17.0 Å². The first kappa shape index (κ1) is 32.8. The van der Waals surface area contributed by atoms with Crippen LogP contribution in [0.2, 0.25) is 10.0 Å². The number of amides is 2. The van der Waals surface area contributed by atoms with Gasteiger partial charge in [-0.25, -0.2) is 8.42 Å². The van der Waals surface area contributed by atoms with Crippen LogP contribution in [0, 0.1) is 0 Å². The van der Waals surface area contributed by atoms with E-state index in [4.69, 9.17) is 23.2 Å². The molecule has 2 amide bonds. The van der Waals surface area contributed by atoms with Crippen molar-refractivity contribution in [1.29, 1.82) is 0 Å². The van der Waals surface area contributed by atoms with Gasteiger partial charge in [-0.05, 0) is 48.6 Å². The molecule has 1 atom stereocenters. The van der Waals surface area contributed by atoms with Gasteiger partial charge in [0.1, 0.15) is 6.04 Å². The van der Waals surface area contributed by atoms with Crippen molar-refractivity contribution in [3.05, 3.63) is 100 Å². The molecule has 1 fully saturated rings. The highest BCUT2D eigenvalue weighted by Gasteiger charge is 2.32. The highest BCUT2D eigenvalue weighted by Crippen LogP contribution is 2.31. The number of sulfonamides is 1. The highest BCUT2D eigenvalue weighted by molar-refractivity contribution is 7.92. The van der Waals surface area contributed by atoms with Crippen molar-refractivity contribution in [2.75, 3.05) is 17.1 Å². The average molecular weight is 645 g/mol. The molecular weight excluding hydrogens is 605 g/mol. The van der Waals surface area contributed by atoms with Crippen molar-refractivity contribution in [2.45, 2.75) is 70.0 Å². The molecule has 0 saturated heterocycles. The van der Waals surface area contributed by atoms with E-state index in [0.717, 1.165) is 43.1 Å². The van der Waals surface area contributed by atoms with Crippen molar-refractivity contribution >= 4 is 50.7 Å². The Hall–Kier alpha value is -3.07. The fourth-order valence-electron chi connectivity index (χ4n) is 5.54. The zero-order valence-electron chi connectivity index (χ0n) is 24.4. The number of anilines is 1. The number of carbonyl (C=O) groups excluding carboxylic acids is 2. The van der Waals surface area contributed by atoms with Gasteiger partial charge >= 0.3 is 0 Å². The number of rotatable bonds is 13. The number of benzene rings is 3. The molecule has 0 bridgehead atoms. The molecule has 1 aliphatic rings. The van der Waals surface area contributed by atoms with Crippen LogP contribution in [0.5, 0.6) is 0 Å². The zero-order valence-corrected chi connectivity index (χ0v) is 26.8. The van der Waals surface area contributed by atoms with Crippen LogP contribution in [0.15, 0.2) is 78.9 Å². The maximum Gasteiger partial charge on any atom is 0.243 e. The molecule has 43 heavy (non-hydrogen) atoms. The van der Waals surface area contributed by atoms with Gasteiger partial charge in [-0.2, -0.15) is 0 Å². The third-order valence-corrected chi connectivity index (χ3v) is 9.48. The van der Waals surface area contributed by atoms with E-state index in [0.29, 0.717) is 11.4 Å². The lowest BCUT2D eigenvalue weighted by Gasteiger charge is -2.34. The number of nitrogens with zero attached hydrogens (tertiary/aromatic N) is 2.